The van der Waals surface area contributed by atoms with Crippen LogP contribution in [0.3, 0.4) is 0 Å². The highest BCUT2D eigenvalue weighted by Crippen LogP contribution is 2.36. The van der Waals surface area contributed by atoms with Gasteiger partial charge in [-0.1, -0.05) is 19.1 Å². The van der Waals surface area contributed by atoms with Gasteiger partial charge in [-0.25, -0.2) is 0 Å². The first-order valence-electron chi connectivity index (χ1n) is 4.30. The van der Waals surface area contributed by atoms with Crippen LogP contribution in [-0.2, 0) is 0 Å². The Hall–Kier alpha value is -1.18. The molecule has 1 atom stereocenters. The van der Waals surface area contributed by atoms with E-state index in [0.717, 1.165) is 24.5 Å². The molecule has 1 aliphatic heterocycles. The summed E-state index contributed by atoms with van der Waals surface area (Å²) in [5.74, 6) is 1.48. The van der Waals surface area contributed by atoms with Crippen LogP contribution in [0.5, 0.6) is 5.75 Å². The van der Waals surface area contributed by atoms with Gasteiger partial charge in [-0.15, -0.1) is 0 Å². The van der Waals surface area contributed by atoms with Crippen molar-refractivity contribution in [3.8, 4) is 5.75 Å². The number of anilines is 1. The van der Waals surface area contributed by atoms with E-state index in [0.29, 0.717) is 5.92 Å². The van der Waals surface area contributed by atoms with Crippen LogP contribution in [-0.4, -0.2) is 6.61 Å². The summed E-state index contributed by atoms with van der Waals surface area (Å²) in [7, 11) is 0. The van der Waals surface area contributed by atoms with Crippen molar-refractivity contribution in [3.05, 3.63) is 23.8 Å². The van der Waals surface area contributed by atoms with Crippen molar-refractivity contribution >= 4 is 5.69 Å². The van der Waals surface area contributed by atoms with Crippen molar-refractivity contribution in [1.29, 1.82) is 0 Å². The number of hydrogen-bond acceptors (Lipinski definition) is 2. The van der Waals surface area contributed by atoms with Crippen LogP contribution in [0.15, 0.2) is 18.2 Å². The van der Waals surface area contributed by atoms with Crippen molar-refractivity contribution in [2.75, 3.05) is 12.3 Å². The second-order valence-corrected chi connectivity index (χ2v) is 3.30. The van der Waals surface area contributed by atoms with Gasteiger partial charge in [-0.2, -0.15) is 0 Å². The fourth-order valence-corrected chi connectivity index (χ4v) is 1.62. The lowest BCUT2D eigenvalue weighted by Gasteiger charge is -2.23. The van der Waals surface area contributed by atoms with Gasteiger partial charge in [0, 0.05) is 0 Å². The van der Waals surface area contributed by atoms with Crippen molar-refractivity contribution in [2.24, 2.45) is 0 Å². The standard InChI is InChI=1S/C10H13NO/c1-7-5-6-12-10-8(7)3-2-4-9(10)11/h2-4,7H,5-6,11H2,1H3. The summed E-state index contributed by atoms with van der Waals surface area (Å²) >= 11 is 0. The van der Waals surface area contributed by atoms with E-state index in [1.54, 1.807) is 0 Å². The molecular formula is C10H13NO. The summed E-state index contributed by atoms with van der Waals surface area (Å²) in [6.45, 7) is 3.00. The second-order valence-electron chi connectivity index (χ2n) is 3.30. The molecule has 1 heterocycles. The molecule has 2 nitrogen and oxygen atoms in total. The molecule has 2 heteroatoms. The van der Waals surface area contributed by atoms with Crippen molar-refractivity contribution in [3.63, 3.8) is 0 Å². The van der Waals surface area contributed by atoms with Crippen LogP contribution in [0, 0.1) is 0 Å². The second kappa shape index (κ2) is 2.70. The fraction of sp³-hybridized carbons (Fsp3) is 0.400. The molecule has 0 radical (unpaired) electrons. The number of fused-ring (bicyclic) bond motifs is 1. The zero-order valence-electron chi connectivity index (χ0n) is 7.21. The average Bonchev–Trinajstić information content (AvgIpc) is 2.07. The molecule has 1 aliphatic rings. The first kappa shape index (κ1) is 7.47. The zero-order valence-corrected chi connectivity index (χ0v) is 7.21. The summed E-state index contributed by atoms with van der Waals surface area (Å²) in [4.78, 5) is 0. The maximum atomic E-state index is 5.78. The maximum absolute atomic E-state index is 5.78. The van der Waals surface area contributed by atoms with E-state index in [4.69, 9.17) is 10.5 Å². The van der Waals surface area contributed by atoms with Gasteiger partial charge in [0.15, 0.2) is 0 Å². The van der Waals surface area contributed by atoms with Gasteiger partial charge in [0.25, 0.3) is 0 Å². The van der Waals surface area contributed by atoms with E-state index < -0.39 is 0 Å². The SMILES string of the molecule is CC1CCOc2c(N)cccc21. The normalized spacial score (nSPS) is 21.2. The summed E-state index contributed by atoms with van der Waals surface area (Å²) in [6, 6.07) is 5.96. The Morgan fingerprint density at radius 3 is 3.08 bits per heavy atom. The number of benzene rings is 1. The quantitative estimate of drug-likeness (QED) is 0.595. The molecule has 2 N–H and O–H groups in total. The van der Waals surface area contributed by atoms with Gasteiger partial charge < -0.3 is 10.5 Å². The van der Waals surface area contributed by atoms with E-state index in [-0.39, 0.29) is 0 Å². The van der Waals surface area contributed by atoms with Crippen LogP contribution in [0.2, 0.25) is 0 Å². The molecule has 0 bridgehead atoms. The van der Waals surface area contributed by atoms with Gasteiger partial charge in [0.1, 0.15) is 5.75 Å². The molecule has 64 valence electrons. The highest BCUT2D eigenvalue weighted by molar-refractivity contribution is 5.58. The molecule has 0 aliphatic carbocycles. The Morgan fingerprint density at radius 2 is 2.33 bits per heavy atom. The van der Waals surface area contributed by atoms with E-state index in [2.05, 4.69) is 13.0 Å². The molecule has 1 aromatic rings. The van der Waals surface area contributed by atoms with Crippen molar-refractivity contribution in [2.45, 2.75) is 19.3 Å². The maximum Gasteiger partial charge on any atom is 0.145 e. The molecule has 0 spiro atoms. The Kier molecular flexibility index (Phi) is 1.68. The summed E-state index contributed by atoms with van der Waals surface area (Å²) in [5, 5.41) is 0. The predicted molar refractivity (Wildman–Crippen MR) is 49.4 cm³/mol. The fourth-order valence-electron chi connectivity index (χ4n) is 1.62. The third-order valence-corrected chi connectivity index (χ3v) is 2.40. The Balaban J connectivity index is 2.52. The van der Waals surface area contributed by atoms with Crippen LogP contribution in [0.25, 0.3) is 0 Å². The lowest BCUT2D eigenvalue weighted by molar-refractivity contribution is 0.274. The largest absolute Gasteiger partial charge is 0.491 e. The first-order valence-corrected chi connectivity index (χ1v) is 4.30. The lowest BCUT2D eigenvalue weighted by Crippen LogP contribution is -2.13. The van der Waals surface area contributed by atoms with Gasteiger partial charge >= 0.3 is 0 Å². The molecule has 0 saturated heterocycles. The van der Waals surface area contributed by atoms with Crippen molar-refractivity contribution in [1.82, 2.24) is 0 Å². The average molecular weight is 163 g/mol. The summed E-state index contributed by atoms with van der Waals surface area (Å²) < 4.78 is 5.50. The third kappa shape index (κ3) is 1.04. The number of para-hydroxylation sites is 1. The molecule has 0 saturated carbocycles. The third-order valence-electron chi connectivity index (χ3n) is 2.40. The highest BCUT2D eigenvalue weighted by atomic mass is 16.5. The van der Waals surface area contributed by atoms with E-state index >= 15 is 0 Å². The van der Waals surface area contributed by atoms with Crippen LogP contribution >= 0.6 is 0 Å². The molecule has 2 rings (SSSR count). The number of rotatable bonds is 0. The number of ether oxygens (including phenoxy) is 1. The van der Waals surface area contributed by atoms with Crippen LogP contribution in [0.4, 0.5) is 5.69 Å². The van der Waals surface area contributed by atoms with Crippen molar-refractivity contribution < 1.29 is 4.74 Å². The van der Waals surface area contributed by atoms with Gasteiger partial charge in [0.05, 0.1) is 12.3 Å². The number of hydrogen-bond donors (Lipinski definition) is 1. The molecule has 12 heavy (non-hydrogen) atoms. The smallest absolute Gasteiger partial charge is 0.145 e. The predicted octanol–water partition coefficient (Wildman–Crippen LogP) is 2.15. The molecular weight excluding hydrogens is 150 g/mol. The summed E-state index contributed by atoms with van der Waals surface area (Å²) in [5.41, 5.74) is 7.79. The number of nitrogen functional groups attached to an aromatic ring is 1. The molecule has 0 amide bonds. The van der Waals surface area contributed by atoms with E-state index in [1.807, 2.05) is 12.1 Å². The highest BCUT2D eigenvalue weighted by Gasteiger charge is 2.18. The Bertz CT molecular complexity index is 296. The minimum absolute atomic E-state index is 0.581. The topological polar surface area (TPSA) is 35.2 Å². The minimum Gasteiger partial charge on any atom is -0.491 e. The van der Waals surface area contributed by atoms with Crippen LogP contribution in [0.1, 0.15) is 24.8 Å². The molecule has 1 unspecified atom stereocenters. The zero-order chi connectivity index (χ0) is 8.55. The molecule has 1 aromatic carbocycles. The minimum atomic E-state index is 0.581. The monoisotopic (exact) mass is 163 g/mol. The molecule has 0 fully saturated rings. The Morgan fingerprint density at radius 1 is 1.50 bits per heavy atom. The van der Waals surface area contributed by atoms with E-state index in [9.17, 15) is 0 Å². The van der Waals surface area contributed by atoms with Gasteiger partial charge in [0.2, 0.25) is 0 Å². The lowest BCUT2D eigenvalue weighted by atomic mass is 9.95. The Labute approximate surface area is 72.3 Å². The van der Waals surface area contributed by atoms with E-state index in [1.165, 1.54) is 5.56 Å². The van der Waals surface area contributed by atoms with Gasteiger partial charge in [-0.3, -0.25) is 0 Å². The van der Waals surface area contributed by atoms with Crippen LogP contribution < -0.4 is 10.5 Å². The van der Waals surface area contributed by atoms with Gasteiger partial charge in [-0.05, 0) is 24.0 Å². The summed E-state index contributed by atoms with van der Waals surface area (Å²) in [6.07, 6.45) is 1.09. The number of nitrogens with two attached hydrogens (primary N) is 1. The first-order chi connectivity index (χ1) is 5.79. The molecule has 0 aromatic heterocycles.